The monoisotopic (exact) mass is 352 g/mol. The van der Waals surface area contributed by atoms with Crippen LogP contribution in [0.25, 0.3) is 0 Å². The third kappa shape index (κ3) is 2.96. The molecule has 1 fully saturated rings. The molecule has 1 saturated heterocycles. The summed E-state index contributed by atoms with van der Waals surface area (Å²) < 4.78 is 10.7. The molecule has 1 heterocycles. The van der Waals surface area contributed by atoms with E-state index >= 15 is 0 Å². The lowest BCUT2D eigenvalue weighted by Crippen LogP contribution is -2.08. The molecule has 0 aliphatic carbocycles. The van der Waals surface area contributed by atoms with Crippen LogP contribution in [0.2, 0.25) is 10.0 Å². The molecule has 1 aliphatic rings. The van der Waals surface area contributed by atoms with Crippen LogP contribution >= 0.6 is 39.1 Å². The molecule has 2 rings (SSSR count). The molecule has 0 spiro atoms. The van der Waals surface area contributed by atoms with Crippen molar-refractivity contribution in [3.63, 3.8) is 0 Å². The first-order valence-corrected chi connectivity index (χ1v) is 7.48. The molecular weight excluding hydrogens is 339 g/mol. The van der Waals surface area contributed by atoms with Crippen LogP contribution in [0.4, 0.5) is 0 Å². The molecule has 0 amide bonds. The highest BCUT2D eigenvalue weighted by atomic mass is 79.9. The Balaban J connectivity index is 2.25. The number of hydrogen-bond acceptors (Lipinski definition) is 2. The molecule has 5 heteroatoms. The molecule has 0 N–H and O–H groups in total. The van der Waals surface area contributed by atoms with Crippen molar-refractivity contribution in [2.24, 2.45) is 5.92 Å². The van der Waals surface area contributed by atoms with Gasteiger partial charge in [-0.3, -0.25) is 0 Å². The minimum Gasteiger partial charge on any atom is -0.495 e. The maximum atomic E-state index is 6.28. The standard InChI is InChI=1S/C13H15BrCl2O2/c1-7-3-8(6-18-7)13(14)9-4-11(16)12(17-2)5-10(9)15/h4-5,7-8,13H,3,6H2,1-2H3. The van der Waals surface area contributed by atoms with Crippen LogP contribution < -0.4 is 4.74 Å². The minimum atomic E-state index is 0.151. The number of benzene rings is 1. The molecule has 100 valence electrons. The number of alkyl halides is 1. The van der Waals surface area contributed by atoms with E-state index in [0.717, 1.165) is 18.6 Å². The molecular formula is C13H15BrCl2O2. The number of hydrogen-bond donors (Lipinski definition) is 0. The Kier molecular flexibility index (Phi) is 4.81. The third-order valence-electron chi connectivity index (χ3n) is 3.21. The average molecular weight is 354 g/mol. The Morgan fingerprint density at radius 2 is 2.11 bits per heavy atom. The molecule has 1 aliphatic heterocycles. The molecule has 18 heavy (non-hydrogen) atoms. The largest absolute Gasteiger partial charge is 0.495 e. The summed E-state index contributed by atoms with van der Waals surface area (Å²) in [5, 5.41) is 1.24. The van der Waals surface area contributed by atoms with Crippen LogP contribution in [0.1, 0.15) is 23.7 Å². The van der Waals surface area contributed by atoms with Crippen LogP contribution in [0, 0.1) is 5.92 Å². The van der Waals surface area contributed by atoms with Gasteiger partial charge in [-0.15, -0.1) is 0 Å². The third-order valence-corrected chi connectivity index (χ3v) is 5.08. The summed E-state index contributed by atoms with van der Waals surface area (Å²) in [6.07, 6.45) is 1.33. The summed E-state index contributed by atoms with van der Waals surface area (Å²) in [4.78, 5) is 0.151. The van der Waals surface area contributed by atoms with E-state index in [0.29, 0.717) is 27.8 Å². The van der Waals surface area contributed by atoms with E-state index in [9.17, 15) is 0 Å². The quantitative estimate of drug-likeness (QED) is 0.722. The molecule has 3 atom stereocenters. The maximum absolute atomic E-state index is 6.28. The Hall–Kier alpha value is 0.0400. The number of halogens is 3. The van der Waals surface area contributed by atoms with Crippen molar-refractivity contribution in [3.05, 3.63) is 27.7 Å². The molecule has 0 radical (unpaired) electrons. The maximum Gasteiger partial charge on any atom is 0.138 e. The second kappa shape index (κ2) is 6.00. The van der Waals surface area contributed by atoms with Crippen molar-refractivity contribution in [1.82, 2.24) is 0 Å². The smallest absolute Gasteiger partial charge is 0.138 e. The predicted octanol–water partition coefficient (Wildman–Crippen LogP) is 4.86. The summed E-state index contributed by atoms with van der Waals surface area (Å²) in [6.45, 7) is 2.83. The highest BCUT2D eigenvalue weighted by molar-refractivity contribution is 9.09. The van der Waals surface area contributed by atoms with Gasteiger partial charge in [-0.2, -0.15) is 0 Å². The number of ether oxygens (including phenoxy) is 2. The average Bonchev–Trinajstić information content (AvgIpc) is 2.77. The van der Waals surface area contributed by atoms with Crippen molar-refractivity contribution in [1.29, 1.82) is 0 Å². The van der Waals surface area contributed by atoms with Crippen LogP contribution in [-0.2, 0) is 4.74 Å². The normalized spacial score (nSPS) is 25.2. The highest BCUT2D eigenvalue weighted by Gasteiger charge is 2.30. The Bertz CT molecular complexity index is 439. The van der Waals surface area contributed by atoms with Crippen LogP contribution in [0.5, 0.6) is 5.75 Å². The summed E-state index contributed by atoms with van der Waals surface area (Å²) in [7, 11) is 1.58. The van der Waals surface area contributed by atoms with Gasteiger partial charge in [0, 0.05) is 21.8 Å². The zero-order chi connectivity index (χ0) is 13.3. The van der Waals surface area contributed by atoms with Gasteiger partial charge < -0.3 is 9.47 Å². The van der Waals surface area contributed by atoms with Gasteiger partial charge in [-0.25, -0.2) is 0 Å². The van der Waals surface area contributed by atoms with Gasteiger partial charge in [0.2, 0.25) is 0 Å². The van der Waals surface area contributed by atoms with Crippen LogP contribution in [0.3, 0.4) is 0 Å². The fourth-order valence-electron chi connectivity index (χ4n) is 2.22. The summed E-state index contributed by atoms with van der Waals surface area (Å²) in [6, 6.07) is 3.62. The van der Waals surface area contributed by atoms with Crippen molar-refractivity contribution >= 4 is 39.1 Å². The van der Waals surface area contributed by atoms with E-state index in [-0.39, 0.29) is 4.83 Å². The van der Waals surface area contributed by atoms with Crippen LogP contribution in [0.15, 0.2) is 12.1 Å². The van der Waals surface area contributed by atoms with Gasteiger partial charge in [-0.05, 0) is 25.0 Å². The van der Waals surface area contributed by atoms with Crippen molar-refractivity contribution < 1.29 is 9.47 Å². The zero-order valence-corrected chi connectivity index (χ0v) is 13.3. The van der Waals surface area contributed by atoms with Gasteiger partial charge in [0.15, 0.2) is 0 Å². The summed E-state index contributed by atoms with van der Waals surface area (Å²) >= 11 is 16.1. The molecule has 3 unspecified atom stereocenters. The van der Waals surface area contributed by atoms with Gasteiger partial charge in [-0.1, -0.05) is 39.1 Å². The van der Waals surface area contributed by atoms with Gasteiger partial charge in [0.25, 0.3) is 0 Å². The first-order valence-electron chi connectivity index (χ1n) is 5.81. The Labute approximate surface area is 126 Å². The van der Waals surface area contributed by atoms with E-state index in [4.69, 9.17) is 32.7 Å². The van der Waals surface area contributed by atoms with E-state index in [1.54, 1.807) is 13.2 Å². The SMILES string of the molecule is COc1cc(Cl)c(C(Br)C2COC(C)C2)cc1Cl. The molecule has 1 aromatic carbocycles. The first-order chi connectivity index (χ1) is 8.52. The highest BCUT2D eigenvalue weighted by Crippen LogP contribution is 2.43. The van der Waals surface area contributed by atoms with Crippen LogP contribution in [-0.4, -0.2) is 19.8 Å². The molecule has 0 saturated carbocycles. The van der Waals surface area contributed by atoms with E-state index in [2.05, 4.69) is 22.9 Å². The predicted molar refractivity (Wildman–Crippen MR) is 78.2 cm³/mol. The number of methoxy groups -OCH3 is 1. The molecule has 1 aromatic rings. The van der Waals surface area contributed by atoms with Crippen molar-refractivity contribution in [3.8, 4) is 5.75 Å². The van der Waals surface area contributed by atoms with Gasteiger partial charge >= 0.3 is 0 Å². The minimum absolute atomic E-state index is 0.151. The fraction of sp³-hybridized carbons (Fsp3) is 0.538. The lowest BCUT2D eigenvalue weighted by molar-refractivity contribution is 0.120. The van der Waals surface area contributed by atoms with Crippen molar-refractivity contribution in [2.45, 2.75) is 24.3 Å². The second-order valence-electron chi connectivity index (χ2n) is 4.55. The molecule has 2 nitrogen and oxygen atoms in total. The lowest BCUT2D eigenvalue weighted by atomic mass is 9.96. The number of rotatable bonds is 3. The fourth-order valence-corrected chi connectivity index (χ4v) is 3.62. The summed E-state index contributed by atoms with van der Waals surface area (Å²) in [5.41, 5.74) is 0.991. The lowest BCUT2D eigenvalue weighted by Gasteiger charge is -2.19. The van der Waals surface area contributed by atoms with Crippen molar-refractivity contribution in [2.75, 3.05) is 13.7 Å². The molecule has 0 aromatic heterocycles. The topological polar surface area (TPSA) is 18.5 Å². The Morgan fingerprint density at radius 1 is 1.39 bits per heavy atom. The van der Waals surface area contributed by atoms with E-state index in [1.165, 1.54) is 0 Å². The molecule has 0 bridgehead atoms. The van der Waals surface area contributed by atoms with E-state index in [1.807, 2.05) is 6.07 Å². The summed E-state index contributed by atoms with van der Waals surface area (Å²) in [5.74, 6) is 1.02. The second-order valence-corrected chi connectivity index (χ2v) is 6.35. The Morgan fingerprint density at radius 3 is 2.67 bits per heavy atom. The van der Waals surface area contributed by atoms with Gasteiger partial charge in [0.05, 0.1) is 24.8 Å². The van der Waals surface area contributed by atoms with E-state index < -0.39 is 0 Å². The zero-order valence-electron chi connectivity index (χ0n) is 10.3. The first kappa shape index (κ1) is 14.4. The van der Waals surface area contributed by atoms with Gasteiger partial charge in [0.1, 0.15) is 5.75 Å².